The number of thiophene rings is 1. The van der Waals surface area contributed by atoms with Crippen molar-refractivity contribution < 1.29 is 17.9 Å². The molecule has 0 radical (unpaired) electrons. The first-order valence-electron chi connectivity index (χ1n) is 5.98. The number of nitrogens with one attached hydrogen (secondary N) is 1. The van der Waals surface area contributed by atoms with Crippen molar-refractivity contribution in [1.82, 2.24) is 5.32 Å². The summed E-state index contributed by atoms with van der Waals surface area (Å²) >= 11 is 0.945. The summed E-state index contributed by atoms with van der Waals surface area (Å²) < 4.78 is 27.6. The number of hydrogen-bond donors (Lipinski definition) is 2. The standard InChI is InChI=1S/C11H16N2O4S2/c12-19(15,16)10-6-8(7-18-10)11(14)13-4-3-9-2-1-5-17-9/h6-7,9H,1-5H2,(H,13,14)(H2,12,15,16). The average Bonchev–Trinajstić information content (AvgIpc) is 2.99. The van der Waals surface area contributed by atoms with E-state index in [-0.39, 0.29) is 16.2 Å². The summed E-state index contributed by atoms with van der Waals surface area (Å²) in [5, 5.41) is 9.22. The summed E-state index contributed by atoms with van der Waals surface area (Å²) in [6.45, 7) is 1.31. The molecule has 2 heterocycles. The van der Waals surface area contributed by atoms with Crippen molar-refractivity contribution in [3.8, 4) is 0 Å². The maximum Gasteiger partial charge on any atom is 0.252 e. The largest absolute Gasteiger partial charge is 0.378 e. The molecule has 3 N–H and O–H groups in total. The van der Waals surface area contributed by atoms with E-state index in [1.807, 2.05) is 0 Å². The Balaban J connectivity index is 1.84. The van der Waals surface area contributed by atoms with Crippen molar-refractivity contribution in [2.24, 2.45) is 5.14 Å². The normalized spacial score (nSPS) is 19.5. The first-order chi connectivity index (χ1) is 8.97. The molecule has 1 aliphatic heterocycles. The van der Waals surface area contributed by atoms with Gasteiger partial charge >= 0.3 is 0 Å². The van der Waals surface area contributed by atoms with Crippen LogP contribution in [0.4, 0.5) is 0 Å². The van der Waals surface area contributed by atoms with Gasteiger partial charge in [-0.2, -0.15) is 0 Å². The van der Waals surface area contributed by atoms with Gasteiger partial charge in [0.2, 0.25) is 10.0 Å². The van der Waals surface area contributed by atoms with Crippen molar-refractivity contribution in [3.63, 3.8) is 0 Å². The lowest BCUT2D eigenvalue weighted by Gasteiger charge is -2.09. The van der Waals surface area contributed by atoms with Crippen molar-refractivity contribution in [3.05, 3.63) is 17.0 Å². The van der Waals surface area contributed by atoms with E-state index >= 15 is 0 Å². The van der Waals surface area contributed by atoms with Crippen molar-refractivity contribution >= 4 is 27.3 Å². The number of carbonyl (C=O) groups excluding carboxylic acids is 1. The quantitative estimate of drug-likeness (QED) is 0.836. The zero-order valence-electron chi connectivity index (χ0n) is 10.3. The second kappa shape index (κ2) is 6.00. The number of ether oxygens (including phenoxy) is 1. The molecule has 1 unspecified atom stereocenters. The van der Waals surface area contributed by atoms with Crippen LogP contribution >= 0.6 is 11.3 Å². The van der Waals surface area contributed by atoms with Gasteiger partial charge in [-0.05, 0) is 25.3 Å². The molecule has 8 heteroatoms. The van der Waals surface area contributed by atoms with Crippen molar-refractivity contribution in [1.29, 1.82) is 0 Å². The van der Waals surface area contributed by atoms with Crippen LogP contribution in [0.25, 0.3) is 0 Å². The zero-order valence-corrected chi connectivity index (χ0v) is 11.9. The van der Waals surface area contributed by atoms with Gasteiger partial charge in [-0.15, -0.1) is 11.3 Å². The number of hydrogen-bond acceptors (Lipinski definition) is 5. The van der Waals surface area contributed by atoms with Crippen LogP contribution in [0, 0.1) is 0 Å². The molecule has 6 nitrogen and oxygen atoms in total. The average molecular weight is 304 g/mol. The van der Waals surface area contributed by atoms with Crippen LogP contribution in [-0.2, 0) is 14.8 Å². The third-order valence-electron chi connectivity index (χ3n) is 2.89. The van der Waals surface area contributed by atoms with Crippen LogP contribution in [0.1, 0.15) is 29.6 Å². The van der Waals surface area contributed by atoms with Gasteiger partial charge in [0.1, 0.15) is 4.21 Å². The summed E-state index contributed by atoms with van der Waals surface area (Å²) in [4.78, 5) is 11.8. The van der Waals surface area contributed by atoms with E-state index in [0.29, 0.717) is 12.1 Å². The Morgan fingerprint density at radius 2 is 2.37 bits per heavy atom. The summed E-state index contributed by atoms with van der Waals surface area (Å²) in [7, 11) is -3.73. The molecule has 1 aliphatic rings. The van der Waals surface area contributed by atoms with Gasteiger partial charge in [0.05, 0.1) is 11.7 Å². The molecule has 1 atom stereocenters. The van der Waals surface area contributed by atoms with Gasteiger partial charge in [-0.1, -0.05) is 0 Å². The fourth-order valence-corrected chi connectivity index (χ4v) is 3.49. The zero-order chi connectivity index (χ0) is 13.9. The number of amides is 1. The van der Waals surface area contributed by atoms with Crippen LogP contribution in [-0.4, -0.2) is 33.6 Å². The Kier molecular flexibility index (Phi) is 4.56. The van der Waals surface area contributed by atoms with E-state index in [1.54, 1.807) is 0 Å². The second-order valence-corrected chi connectivity index (χ2v) is 7.08. The number of rotatable bonds is 5. The Morgan fingerprint density at radius 3 is 2.95 bits per heavy atom. The molecule has 0 bridgehead atoms. The minimum absolute atomic E-state index is 0.00298. The van der Waals surface area contributed by atoms with Crippen LogP contribution in [0.5, 0.6) is 0 Å². The molecular formula is C11H16N2O4S2. The third-order valence-corrected chi connectivity index (χ3v) is 5.28. The third kappa shape index (κ3) is 4.00. The fourth-order valence-electron chi connectivity index (χ4n) is 1.91. The molecule has 2 rings (SSSR count). The lowest BCUT2D eigenvalue weighted by Crippen LogP contribution is -2.26. The Labute approximate surface area is 116 Å². The van der Waals surface area contributed by atoms with E-state index in [9.17, 15) is 13.2 Å². The molecule has 0 aliphatic carbocycles. The van der Waals surface area contributed by atoms with E-state index in [1.165, 1.54) is 11.4 Å². The van der Waals surface area contributed by atoms with Gasteiger partial charge in [0, 0.05) is 18.5 Å². The number of primary sulfonamides is 1. The molecule has 1 aromatic rings. The maximum atomic E-state index is 11.8. The molecule has 1 aromatic heterocycles. The van der Waals surface area contributed by atoms with Crippen LogP contribution in [0.3, 0.4) is 0 Å². The molecule has 1 saturated heterocycles. The van der Waals surface area contributed by atoms with E-state index in [4.69, 9.17) is 9.88 Å². The fraction of sp³-hybridized carbons (Fsp3) is 0.545. The molecule has 0 aromatic carbocycles. The van der Waals surface area contributed by atoms with Crippen LogP contribution in [0.15, 0.2) is 15.7 Å². The lowest BCUT2D eigenvalue weighted by atomic mass is 10.2. The Hall–Kier alpha value is -0.960. The van der Waals surface area contributed by atoms with Crippen molar-refractivity contribution in [2.45, 2.75) is 29.6 Å². The van der Waals surface area contributed by atoms with Gasteiger partial charge < -0.3 is 10.1 Å². The Bertz CT molecular complexity index is 547. The number of carbonyl (C=O) groups is 1. The van der Waals surface area contributed by atoms with Crippen LogP contribution < -0.4 is 10.5 Å². The van der Waals surface area contributed by atoms with E-state index < -0.39 is 10.0 Å². The van der Waals surface area contributed by atoms with Crippen molar-refractivity contribution in [2.75, 3.05) is 13.2 Å². The maximum absolute atomic E-state index is 11.8. The molecule has 1 fully saturated rings. The molecule has 0 saturated carbocycles. The second-order valence-electron chi connectivity index (χ2n) is 4.38. The monoisotopic (exact) mass is 304 g/mol. The SMILES string of the molecule is NS(=O)(=O)c1cc(C(=O)NCCC2CCCO2)cs1. The van der Waals surface area contributed by atoms with Gasteiger partial charge in [-0.3, -0.25) is 4.79 Å². The summed E-state index contributed by atoms with van der Waals surface area (Å²) in [6.07, 6.45) is 3.10. The highest BCUT2D eigenvalue weighted by molar-refractivity contribution is 7.91. The van der Waals surface area contributed by atoms with E-state index in [0.717, 1.165) is 37.2 Å². The summed E-state index contributed by atoms with van der Waals surface area (Å²) in [5.41, 5.74) is 0.321. The van der Waals surface area contributed by atoms with E-state index in [2.05, 4.69) is 5.32 Å². The lowest BCUT2D eigenvalue weighted by molar-refractivity contribution is 0.0907. The smallest absolute Gasteiger partial charge is 0.252 e. The highest BCUT2D eigenvalue weighted by atomic mass is 32.2. The topological polar surface area (TPSA) is 98.5 Å². The summed E-state index contributed by atoms with van der Waals surface area (Å²) in [6, 6.07) is 1.29. The van der Waals surface area contributed by atoms with Gasteiger partial charge in [0.15, 0.2) is 0 Å². The molecule has 19 heavy (non-hydrogen) atoms. The number of sulfonamides is 1. The molecule has 0 spiro atoms. The molecule has 1 amide bonds. The predicted molar refractivity (Wildman–Crippen MR) is 71.6 cm³/mol. The first kappa shape index (κ1) is 14.4. The molecule has 106 valence electrons. The Morgan fingerprint density at radius 1 is 1.58 bits per heavy atom. The first-order valence-corrected chi connectivity index (χ1v) is 8.40. The van der Waals surface area contributed by atoms with Gasteiger partial charge in [0.25, 0.3) is 5.91 Å². The number of nitrogens with two attached hydrogens (primary N) is 1. The highest BCUT2D eigenvalue weighted by Gasteiger charge is 2.17. The minimum Gasteiger partial charge on any atom is -0.378 e. The molecular weight excluding hydrogens is 288 g/mol. The van der Waals surface area contributed by atoms with Crippen LogP contribution in [0.2, 0.25) is 0 Å². The van der Waals surface area contributed by atoms with Gasteiger partial charge in [-0.25, -0.2) is 13.6 Å². The highest BCUT2D eigenvalue weighted by Crippen LogP contribution is 2.19. The predicted octanol–water partition coefficient (Wildman–Crippen LogP) is 0.694. The summed E-state index contributed by atoms with van der Waals surface area (Å²) in [5.74, 6) is -0.288. The minimum atomic E-state index is -3.73.